The van der Waals surface area contributed by atoms with E-state index in [0.717, 1.165) is 29.8 Å². The molecule has 0 saturated heterocycles. The molecule has 1 amide bonds. The lowest BCUT2D eigenvalue weighted by atomic mass is 10.1. The number of methoxy groups -OCH3 is 2. The number of nitrogens with zero attached hydrogens (tertiary/aromatic N) is 1. The summed E-state index contributed by atoms with van der Waals surface area (Å²) in [6.45, 7) is 1.50. The summed E-state index contributed by atoms with van der Waals surface area (Å²) in [4.78, 5) is 11.5. The fourth-order valence-electron chi connectivity index (χ4n) is 2.51. The van der Waals surface area contributed by atoms with Crippen molar-refractivity contribution in [2.75, 3.05) is 19.5 Å². The Balaban J connectivity index is 2.09. The SMILES string of the molecule is COc1ccc(-c2n[nH]c(C3CC3)c2NC(C)=O)c(OC)c1. The molecular formula is C16H19N3O3. The van der Waals surface area contributed by atoms with Crippen molar-refractivity contribution in [3.05, 3.63) is 23.9 Å². The number of aromatic nitrogens is 2. The van der Waals surface area contributed by atoms with E-state index < -0.39 is 0 Å². The van der Waals surface area contributed by atoms with Crippen LogP contribution in [0.25, 0.3) is 11.3 Å². The first-order valence-corrected chi connectivity index (χ1v) is 7.22. The summed E-state index contributed by atoms with van der Waals surface area (Å²) in [6.07, 6.45) is 2.24. The van der Waals surface area contributed by atoms with Crippen LogP contribution in [0.5, 0.6) is 11.5 Å². The minimum Gasteiger partial charge on any atom is -0.497 e. The molecule has 1 aliphatic carbocycles. The van der Waals surface area contributed by atoms with Crippen LogP contribution >= 0.6 is 0 Å². The van der Waals surface area contributed by atoms with E-state index >= 15 is 0 Å². The number of hydrogen-bond acceptors (Lipinski definition) is 4. The van der Waals surface area contributed by atoms with Crippen LogP contribution in [-0.2, 0) is 4.79 Å². The zero-order chi connectivity index (χ0) is 15.7. The van der Waals surface area contributed by atoms with Crippen molar-refractivity contribution in [3.8, 4) is 22.8 Å². The van der Waals surface area contributed by atoms with Crippen molar-refractivity contribution >= 4 is 11.6 Å². The highest BCUT2D eigenvalue weighted by Crippen LogP contribution is 2.46. The van der Waals surface area contributed by atoms with Crippen molar-refractivity contribution in [2.45, 2.75) is 25.7 Å². The number of carbonyl (C=O) groups excluding carboxylic acids is 1. The van der Waals surface area contributed by atoms with Gasteiger partial charge in [-0.15, -0.1) is 0 Å². The van der Waals surface area contributed by atoms with Crippen LogP contribution in [0, 0.1) is 0 Å². The third kappa shape index (κ3) is 2.64. The lowest BCUT2D eigenvalue weighted by Crippen LogP contribution is -2.08. The van der Waals surface area contributed by atoms with Crippen molar-refractivity contribution in [3.63, 3.8) is 0 Å². The number of amides is 1. The number of anilines is 1. The number of rotatable bonds is 5. The molecule has 2 N–H and O–H groups in total. The minimum atomic E-state index is -0.114. The van der Waals surface area contributed by atoms with Gasteiger partial charge < -0.3 is 14.8 Å². The van der Waals surface area contributed by atoms with Gasteiger partial charge in [-0.2, -0.15) is 5.10 Å². The number of benzene rings is 1. The quantitative estimate of drug-likeness (QED) is 0.890. The summed E-state index contributed by atoms with van der Waals surface area (Å²) in [6, 6.07) is 5.54. The standard InChI is InChI=1S/C16H19N3O3/c1-9(20)17-16-14(10-4-5-10)18-19-15(16)12-7-6-11(21-2)8-13(12)22-3/h6-8,10H,4-5H2,1-3H3,(H,17,20)(H,18,19). The second-order valence-corrected chi connectivity index (χ2v) is 5.38. The Kier molecular flexibility index (Phi) is 3.75. The van der Waals surface area contributed by atoms with Crippen LogP contribution in [0.1, 0.15) is 31.4 Å². The van der Waals surface area contributed by atoms with Gasteiger partial charge in [0.15, 0.2) is 0 Å². The van der Waals surface area contributed by atoms with Crippen LogP contribution in [-0.4, -0.2) is 30.3 Å². The van der Waals surface area contributed by atoms with Gasteiger partial charge >= 0.3 is 0 Å². The van der Waals surface area contributed by atoms with Crippen LogP contribution in [0.3, 0.4) is 0 Å². The molecule has 1 aromatic heterocycles. The van der Waals surface area contributed by atoms with Gasteiger partial charge in [-0.1, -0.05) is 0 Å². The maximum absolute atomic E-state index is 11.5. The molecule has 0 atom stereocenters. The fraction of sp³-hybridized carbons (Fsp3) is 0.375. The number of hydrogen-bond donors (Lipinski definition) is 2. The fourth-order valence-corrected chi connectivity index (χ4v) is 2.51. The number of carbonyl (C=O) groups is 1. The maximum Gasteiger partial charge on any atom is 0.221 e. The second-order valence-electron chi connectivity index (χ2n) is 5.38. The van der Waals surface area contributed by atoms with Crippen molar-refractivity contribution in [1.82, 2.24) is 10.2 Å². The summed E-state index contributed by atoms with van der Waals surface area (Å²) < 4.78 is 10.7. The third-order valence-electron chi connectivity index (χ3n) is 3.74. The Labute approximate surface area is 128 Å². The predicted molar refractivity (Wildman–Crippen MR) is 83.4 cm³/mol. The van der Waals surface area contributed by atoms with Gasteiger partial charge in [-0.05, 0) is 25.0 Å². The first kappa shape index (κ1) is 14.4. The van der Waals surface area contributed by atoms with E-state index in [-0.39, 0.29) is 5.91 Å². The van der Waals surface area contributed by atoms with E-state index in [1.165, 1.54) is 6.92 Å². The molecule has 6 heteroatoms. The summed E-state index contributed by atoms with van der Waals surface area (Å²) >= 11 is 0. The summed E-state index contributed by atoms with van der Waals surface area (Å²) in [5.74, 6) is 1.70. The molecule has 3 rings (SSSR count). The summed E-state index contributed by atoms with van der Waals surface area (Å²) in [7, 11) is 3.21. The lowest BCUT2D eigenvalue weighted by molar-refractivity contribution is -0.114. The monoisotopic (exact) mass is 301 g/mol. The Bertz CT molecular complexity index is 705. The van der Waals surface area contributed by atoms with Crippen LogP contribution < -0.4 is 14.8 Å². The van der Waals surface area contributed by atoms with E-state index in [9.17, 15) is 4.79 Å². The van der Waals surface area contributed by atoms with Gasteiger partial charge in [0.1, 0.15) is 17.2 Å². The molecule has 0 unspecified atom stereocenters. The topological polar surface area (TPSA) is 76.2 Å². The van der Waals surface area contributed by atoms with Crippen LogP contribution in [0.15, 0.2) is 18.2 Å². The average Bonchev–Trinajstić information content (AvgIpc) is 3.28. The molecule has 6 nitrogen and oxygen atoms in total. The molecule has 22 heavy (non-hydrogen) atoms. The molecule has 1 fully saturated rings. The molecule has 0 aliphatic heterocycles. The second kappa shape index (κ2) is 5.71. The highest BCUT2D eigenvalue weighted by molar-refractivity contribution is 5.95. The van der Waals surface area contributed by atoms with E-state index in [1.807, 2.05) is 12.1 Å². The van der Waals surface area contributed by atoms with Gasteiger partial charge in [-0.3, -0.25) is 9.89 Å². The number of ether oxygens (including phenoxy) is 2. The van der Waals surface area contributed by atoms with Gasteiger partial charge in [-0.25, -0.2) is 0 Å². The maximum atomic E-state index is 11.5. The lowest BCUT2D eigenvalue weighted by Gasteiger charge is -2.11. The molecule has 0 radical (unpaired) electrons. The Morgan fingerprint density at radius 1 is 1.32 bits per heavy atom. The van der Waals surface area contributed by atoms with Crippen molar-refractivity contribution in [2.24, 2.45) is 0 Å². The van der Waals surface area contributed by atoms with E-state index in [2.05, 4.69) is 15.5 Å². The first-order valence-electron chi connectivity index (χ1n) is 7.22. The van der Waals surface area contributed by atoms with E-state index in [0.29, 0.717) is 23.1 Å². The van der Waals surface area contributed by atoms with E-state index in [4.69, 9.17) is 9.47 Å². The highest BCUT2D eigenvalue weighted by Gasteiger charge is 2.31. The Hall–Kier alpha value is -2.50. The van der Waals surface area contributed by atoms with Gasteiger partial charge in [0.05, 0.1) is 25.6 Å². The van der Waals surface area contributed by atoms with Crippen LogP contribution in [0.4, 0.5) is 5.69 Å². The van der Waals surface area contributed by atoms with E-state index in [1.54, 1.807) is 20.3 Å². The molecule has 1 aromatic carbocycles. The minimum absolute atomic E-state index is 0.114. The molecule has 116 valence electrons. The van der Waals surface area contributed by atoms with Gasteiger partial charge in [0.25, 0.3) is 0 Å². The molecule has 0 bridgehead atoms. The average molecular weight is 301 g/mol. The summed E-state index contributed by atoms with van der Waals surface area (Å²) in [5.41, 5.74) is 3.24. The normalized spacial score (nSPS) is 13.8. The zero-order valence-corrected chi connectivity index (χ0v) is 12.9. The van der Waals surface area contributed by atoms with Crippen molar-refractivity contribution in [1.29, 1.82) is 0 Å². The number of H-pyrrole nitrogens is 1. The first-order chi connectivity index (χ1) is 10.6. The molecule has 1 saturated carbocycles. The molecular weight excluding hydrogens is 282 g/mol. The molecule has 2 aromatic rings. The molecule has 1 aliphatic rings. The molecule has 1 heterocycles. The zero-order valence-electron chi connectivity index (χ0n) is 12.9. The van der Waals surface area contributed by atoms with Gasteiger partial charge in [0.2, 0.25) is 5.91 Å². The number of aromatic amines is 1. The Morgan fingerprint density at radius 2 is 2.09 bits per heavy atom. The van der Waals surface area contributed by atoms with Crippen LogP contribution in [0.2, 0.25) is 0 Å². The number of nitrogens with one attached hydrogen (secondary N) is 2. The Morgan fingerprint density at radius 3 is 2.68 bits per heavy atom. The highest BCUT2D eigenvalue weighted by atomic mass is 16.5. The van der Waals surface area contributed by atoms with Crippen molar-refractivity contribution < 1.29 is 14.3 Å². The predicted octanol–water partition coefficient (Wildman–Crippen LogP) is 2.93. The summed E-state index contributed by atoms with van der Waals surface area (Å²) in [5, 5.41) is 10.4. The smallest absolute Gasteiger partial charge is 0.221 e. The van der Waals surface area contributed by atoms with Gasteiger partial charge in [0, 0.05) is 24.5 Å². The largest absolute Gasteiger partial charge is 0.497 e. The molecule has 0 spiro atoms. The third-order valence-corrected chi connectivity index (χ3v) is 3.74.